The number of nitrogens with two attached hydrogens (primary N) is 1. The average molecular weight is 278 g/mol. The zero-order valence-corrected chi connectivity index (χ0v) is 11.6. The first-order chi connectivity index (χ1) is 9.18. The number of aromatic carboxylic acids is 1. The molecule has 0 spiro atoms. The molecule has 0 aromatic carbocycles. The predicted octanol–water partition coefficient (Wildman–Crippen LogP) is 2.81. The summed E-state index contributed by atoms with van der Waals surface area (Å²) in [5.74, 6) is 1.23. The first-order valence-electron chi connectivity index (χ1n) is 6.80. The maximum atomic E-state index is 11.5. The molecular weight excluding hydrogens is 260 g/mol. The number of aromatic nitrogens is 1. The lowest BCUT2D eigenvalue weighted by Gasteiger charge is -2.22. The van der Waals surface area contributed by atoms with Crippen molar-refractivity contribution in [1.29, 1.82) is 0 Å². The van der Waals surface area contributed by atoms with Gasteiger partial charge in [-0.15, -0.1) is 0 Å². The largest absolute Gasteiger partial charge is 0.478 e. The van der Waals surface area contributed by atoms with Crippen LogP contribution in [0.3, 0.4) is 0 Å². The Balaban J connectivity index is 2.15. The Kier molecular flexibility index (Phi) is 3.39. The molecule has 1 aliphatic carbocycles. The fourth-order valence-corrected chi connectivity index (χ4v) is 4.12. The van der Waals surface area contributed by atoms with Gasteiger partial charge in [0.15, 0.2) is 0 Å². The molecule has 0 radical (unpaired) electrons. The lowest BCUT2D eigenvalue weighted by atomic mass is 9.94. The minimum absolute atomic E-state index is 0.326. The van der Waals surface area contributed by atoms with Gasteiger partial charge in [0, 0.05) is 11.7 Å². The number of hydrogen-bond donors (Lipinski definition) is 2. The molecule has 3 N–H and O–H groups in total. The van der Waals surface area contributed by atoms with Crippen LogP contribution in [0.15, 0.2) is 0 Å². The molecule has 0 amide bonds. The summed E-state index contributed by atoms with van der Waals surface area (Å²) in [5, 5.41) is 9.47. The monoisotopic (exact) mass is 278 g/mol. The van der Waals surface area contributed by atoms with Gasteiger partial charge in [-0.25, -0.2) is 4.79 Å². The topological polar surface area (TPSA) is 76.2 Å². The Morgan fingerprint density at radius 3 is 2.79 bits per heavy atom. The number of rotatable bonds is 2. The van der Waals surface area contributed by atoms with E-state index < -0.39 is 5.97 Å². The van der Waals surface area contributed by atoms with Gasteiger partial charge >= 0.3 is 5.97 Å². The third-order valence-electron chi connectivity index (χ3n) is 4.14. The second-order valence-corrected chi connectivity index (χ2v) is 6.41. The van der Waals surface area contributed by atoms with Crippen LogP contribution in [0.2, 0.25) is 0 Å². The lowest BCUT2D eigenvalue weighted by Crippen LogP contribution is -2.18. The quantitative estimate of drug-likeness (QED) is 0.870. The highest BCUT2D eigenvalue weighted by Crippen LogP contribution is 2.39. The second kappa shape index (κ2) is 5.04. The third kappa shape index (κ3) is 2.20. The van der Waals surface area contributed by atoms with E-state index in [1.807, 2.05) is 11.8 Å². The molecule has 102 valence electrons. The number of thioether (sulfide) groups is 1. The summed E-state index contributed by atoms with van der Waals surface area (Å²) >= 11 is 1.82. The summed E-state index contributed by atoms with van der Waals surface area (Å²) in [4.78, 5) is 16.3. The van der Waals surface area contributed by atoms with E-state index in [0.717, 1.165) is 47.7 Å². The van der Waals surface area contributed by atoms with Crippen LogP contribution in [-0.4, -0.2) is 21.8 Å². The van der Waals surface area contributed by atoms with Gasteiger partial charge in [-0.05, 0) is 30.6 Å². The van der Waals surface area contributed by atoms with Crippen LogP contribution in [0.5, 0.6) is 0 Å². The highest BCUT2D eigenvalue weighted by Gasteiger charge is 2.28. The molecule has 1 aromatic rings. The zero-order valence-electron chi connectivity index (χ0n) is 10.8. The molecule has 1 fully saturated rings. The summed E-state index contributed by atoms with van der Waals surface area (Å²) in [6.07, 6.45) is 5.33. The van der Waals surface area contributed by atoms with E-state index in [9.17, 15) is 9.90 Å². The Morgan fingerprint density at radius 1 is 1.37 bits per heavy atom. The fourth-order valence-electron chi connectivity index (χ4n) is 3.19. The van der Waals surface area contributed by atoms with Crippen molar-refractivity contribution in [2.24, 2.45) is 0 Å². The first kappa shape index (κ1) is 12.8. The van der Waals surface area contributed by atoms with Crippen molar-refractivity contribution < 1.29 is 9.90 Å². The first-order valence-corrected chi connectivity index (χ1v) is 7.96. The van der Waals surface area contributed by atoms with E-state index in [0.29, 0.717) is 17.2 Å². The Morgan fingerprint density at radius 2 is 2.11 bits per heavy atom. The third-order valence-corrected chi connectivity index (χ3v) is 5.11. The molecule has 0 bridgehead atoms. The number of fused-ring (bicyclic) bond motifs is 1. The van der Waals surface area contributed by atoms with Gasteiger partial charge in [0.05, 0.1) is 22.6 Å². The maximum absolute atomic E-state index is 11.5. The van der Waals surface area contributed by atoms with E-state index in [4.69, 9.17) is 10.7 Å². The minimum atomic E-state index is -0.901. The van der Waals surface area contributed by atoms with Crippen LogP contribution in [0.25, 0.3) is 0 Å². The van der Waals surface area contributed by atoms with Crippen molar-refractivity contribution in [3.63, 3.8) is 0 Å². The molecule has 1 aliphatic heterocycles. The van der Waals surface area contributed by atoms with Crippen LogP contribution in [0, 0.1) is 0 Å². The molecule has 2 aliphatic rings. The molecule has 5 heteroatoms. The molecule has 4 nitrogen and oxygen atoms in total. The second-order valence-electron chi connectivity index (χ2n) is 5.30. The molecule has 1 saturated carbocycles. The van der Waals surface area contributed by atoms with Crippen LogP contribution in [-0.2, 0) is 12.2 Å². The lowest BCUT2D eigenvalue weighted by molar-refractivity contribution is 0.0696. The number of nitrogens with zero attached hydrogens (tertiary/aromatic N) is 1. The van der Waals surface area contributed by atoms with Crippen LogP contribution >= 0.6 is 11.8 Å². The van der Waals surface area contributed by atoms with Gasteiger partial charge in [-0.3, -0.25) is 4.98 Å². The van der Waals surface area contributed by atoms with E-state index in [1.165, 1.54) is 12.8 Å². The predicted molar refractivity (Wildman–Crippen MR) is 76.7 cm³/mol. The summed E-state index contributed by atoms with van der Waals surface area (Å²) in [6.45, 7) is 0. The summed E-state index contributed by atoms with van der Waals surface area (Å²) in [5.41, 5.74) is 9.54. The van der Waals surface area contributed by atoms with Gasteiger partial charge in [-0.2, -0.15) is 11.8 Å². The van der Waals surface area contributed by atoms with E-state index in [2.05, 4.69) is 0 Å². The van der Waals surface area contributed by atoms with Crippen LogP contribution in [0.4, 0.5) is 5.69 Å². The van der Waals surface area contributed by atoms with E-state index >= 15 is 0 Å². The Labute approximate surface area is 116 Å². The Hall–Kier alpha value is -1.23. The Bertz CT molecular complexity index is 525. The highest BCUT2D eigenvalue weighted by molar-refractivity contribution is 7.98. The molecule has 3 rings (SSSR count). The highest BCUT2D eigenvalue weighted by atomic mass is 32.2. The van der Waals surface area contributed by atoms with Gasteiger partial charge in [0.1, 0.15) is 0 Å². The number of pyridine rings is 1. The standard InChI is InChI=1S/C14H18N2O2S/c15-12-11(14(17)18)9-5-6-19-7-10(9)16-13(12)8-3-1-2-4-8/h8H,1-7,15H2,(H,17,18). The zero-order chi connectivity index (χ0) is 13.4. The molecule has 2 heterocycles. The van der Waals surface area contributed by atoms with Crippen LogP contribution < -0.4 is 5.73 Å². The van der Waals surface area contributed by atoms with Gasteiger partial charge in [0.2, 0.25) is 0 Å². The van der Waals surface area contributed by atoms with Crippen LogP contribution in [0.1, 0.15) is 58.9 Å². The van der Waals surface area contributed by atoms with E-state index in [-0.39, 0.29) is 0 Å². The SMILES string of the molecule is Nc1c(C2CCCC2)nc2c(c1C(=O)O)CCSC2. The number of nitrogen functional groups attached to an aromatic ring is 1. The van der Waals surface area contributed by atoms with Gasteiger partial charge in [-0.1, -0.05) is 12.8 Å². The number of carboxylic acid groups (broad SMARTS) is 1. The molecule has 0 atom stereocenters. The minimum Gasteiger partial charge on any atom is -0.478 e. The van der Waals surface area contributed by atoms with Crippen molar-refractivity contribution in [2.75, 3.05) is 11.5 Å². The maximum Gasteiger partial charge on any atom is 0.338 e. The van der Waals surface area contributed by atoms with Crippen molar-refractivity contribution >= 4 is 23.4 Å². The number of carboxylic acids is 1. The fraction of sp³-hybridized carbons (Fsp3) is 0.571. The van der Waals surface area contributed by atoms with Gasteiger partial charge in [0.25, 0.3) is 0 Å². The molecule has 19 heavy (non-hydrogen) atoms. The summed E-state index contributed by atoms with van der Waals surface area (Å²) < 4.78 is 0. The van der Waals surface area contributed by atoms with Crippen molar-refractivity contribution in [3.05, 3.63) is 22.5 Å². The van der Waals surface area contributed by atoms with Crippen molar-refractivity contribution in [3.8, 4) is 0 Å². The molecule has 1 aromatic heterocycles. The van der Waals surface area contributed by atoms with Crippen molar-refractivity contribution in [1.82, 2.24) is 4.98 Å². The summed E-state index contributed by atoms with van der Waals surface area (Å²) in [6, 6.07) is 0. The normalized spacial score (nSPS) is 19.4. The summed E-state index contributed by atoms with van der Waals surface area (Å²) in [7, 11) is 0. The number of hydrogen-bond acceptors (Lipinski definition) is 4. The molecule has 0 saturated heterocycles. The smallest absolute Gasteiger partial charge is 0.338 e. The molecule has 0 unspecified atom stereocenters. The van der Waals surface area contributed by atoms with Gasteiger partial charge < -0.3 is 10.8 Å². The number of carbonyl (C=O) groups is 1. The average Bonchev–Trinajstić information content (AvgIpc) is 2.91. The number of anilines is 1. The van der Waals surface area contributed by atoms with Crippen molar-refractivity contribution in [2.45, 2.75) is 43.8 Å². The molecular formula is C14H18N2O2S. The van der Waals surface area contributed by atoms with E-state index in [1.54, 1.807) is 0 Å².